The van der Waals surface area contributed by atoms with Crippen LogP contribution in [0, 0.1) is 5.92 Å². The van der Waals surface area contributed by atoms with Crippen LogP contribution in [0.3, 0.4) is 0 Å². The molecule has 0 saturated heterocycles. The Kier molecular flexibility index (Phi) is 5.04. The lowest BCUT2D eigenvalue weighted by Gasteiger charge is -2.37. The molecule has 1 aliphatic heterocycles. The number of aliphatic hydroxyl groups is 1. The third-order valence-corrected chi connectivity index (χ3v) is 5.64. The van der Waals surface area contributed by atoms with Crippen molar-refractivity contribution in [3.63, 3.8) is 0 Å². The minimum absolute atomic E-state index is 0.0945. The van der Waals surface area contributed by atoms with E-state index in [1.165, 1.54) is 12.1 Å². The quantitative estimate of drug-likeness (QED) is 0.732. The molecule has 2 aromatic rings. The summed E-state index contributed by atoms with van der Waals surface area (Å²) in [6.45, 7) is 2.51. The molecule has 1 aliphatic carbocycles. The predicted octanol–water partition coefficient (Wildman–Crippen LogP) is 4.80. The zero-order valence-electron chi connectivity index (χ0n) is 16.9. The fourth-order valence-electron chi connectivity index (χ4n) is 4.39. The van der Waals surface area contributed by atoms with Gasteiger partial charge in [-0.2, -0.15) is 13.2 Å². The topological polar surface area (TPSA) is 49.8 Å². The summed E-state index contributed by atoms with van der Waals surface area (Å²) in [7, 11) is 0. The largest absolute Gasteiger partial charge is 0.484 e. The standard InChI is InChI=1S/C23H24F3NO3/c1-22(2,29)20(14-9-10-14)27-12-16-6-4-8-18(19(16)21(27)28)15-5-3-7-17(11-15)30-13-23(24,25)26/h3-8,11,14,20,29H,9-10,12-13H2,1-2H3/t20-/m1/s1. The first-order chi connectivity index (χ1) is 14.0. The van der Waals surface area contributed by atoms with Crippen molar-refractivity contribution < 1.29 is 27.8 Å². The average Bonchev–Trinajstić information content (AvgIpc) is 3.43. The van der Waals surface area contributed by atoms with Crippen LogP contribution in [-0.2, 0) is 6.54 Å². The van der Waals surface area contributed by atoms with E-state index in [0.29, 0.717) is 23.2 Å². The van der Waals surface area contributed by atoms with E-state index in [4.69, 9.17) is 4.74 Å². The van der Waals surface area contributed by atoms with E-state index in [0.717, 1.165) is 18.4 Å². The summed E-state index contributed by atoms with van der Waals surface area (Å²) >= 11 is 0. The number of benzene rings is 2. The van der Waals surface area contributed by atoms with Crippen molar-refractivity contribution in [2.75, 3.05) is 6.61 Å². The smallest absolute Gasteiger partial charge is 0.422 e. The molecule has 4 nitrogen and oxygen atoms in total. The Balaban J connectivity index is 1.66. The van der Waals surface area contributed by atoms with Gasteiger partial charge in [0.25, 0.3) is 5.91 Å². The Labute approximate surface area is 173 Å². The highest BCUT2D eigenvalue weighted by molar-refractivity contribution is 6.04. The minimum atomic E-state index is -4.42. The third-order valence-electron chi connectivity index (χ3n) is 5.64. The van der Waals surface area contributed by atoms with Crippen LogP contribution in [0.15, 0.2) is 42.5 Å². The molecule has 1 atom stereocenters. The number of hydrogen-bond acceptors (Lipinski definition) is 3. The molecule has 0 aromatic heterocycles. The molecule has 0 bridgehead atoms. The van der Waals surface area contributed by atoms with Gasteiger partial charge in [-0.25, -0.2) is 0 Å². The van der Waals surface area contributed by atoms with Gasteiger partial charge in [0.2, 0.25) is 0 Å². The Hall–Kier alpha value is -2.54. The van der Waals surface area contributed by atoms with Crippen LogP contribution >= 0.6 is 0 Å². The maximum Gasteiger partial charge on any atom is 0.422 e. The van der Waals surface area contributed by atoms with Crippen molar-refractivity contribution in [1.82, 2.24) is 4.90 Å². The molecule has 0 spiro atoms. The summed E-state index contributed by atoms with van der Waals surface area (Å²) < 4.78 is 42.3. The molecule has 0 unspecified atom stereocenters. The van der Waals surface area contributed by atoms with Gasteiger partial charge in [-0.1, -0.05) is 30.3 Å². The van der Waals surface area contributed by atoms with Crippen molar-refractivity contribution in [3.8, 4) is 16.9 Å². The molecule has 1 amide bonds. The molecular formula is C23H24F3NO3. The molecule has 7 heteroatoms. The number of hydrogen-bond donors (Lipinski definition) is 1. The van der Waals surface area contributed by atoms with Crippen LogP contribution in [0.25, 0.3) is 11.1 Å². The summed E-state index contributed by atoms with van der Waals surface area (Å²) in [6, 6.07) is 11.6. The van der Waals surface area contributed by atoms with Gasteiger partial charge in [-0.15, -0.1) is 0 Å². The third kappa shape index (κ3) is 4.17. The summed E-state index contributed by atoms with van der Waals surface area (Å²) in [6.07, 6.45) is -2.45. The Morgan fingerprint density at radius 1 is 1.17 bits per heavy atom. The first kappa shape index (κ1) is 20.7. The van der Waals surface area contributed by atoms with Gasteiger partial charge < -0.3 is 14.7 Å². The Morgan fingerprint density at radius 2 is 1.87 bits per heavy atom. The predicted molar refractivity (Wildman–Crippen MR) is 106 cm³/mol. The zero-order valence-corrected chi connectivity index (χ0v) is 16.9. The van der Waals surface area contributed by atoms with E-state index in [1.807, 2.05) is 12.1 Å². The number of fused-ring (bicyclic) bond motifs is 1. The highest BCUT2D eigenvalue weighted by Gasteiger charge is 2.48. The van der Waals surface area contributed by atoms with E-state index in [-0.39, 0.29) is 23.6 Å². The van der Waals surface area contributed by atoms with Crippen LogP contribution in [0.5, 0.6) is 5.75 Å². The average molecular weight is 419 g/mol. The second kappa shape index (κ2) is 7.30. The van der Waals surface area contributed by atoms with Crippen LogP contribution in [0.1, 0.15) is 42.6 Å². The van der Waals surface area contributed by atoms with Crippen LogP contribution in [0.2, 0.25) is 0 Å². The number of ether oxygens (including phenoxy) is 1. The fraction of sp³-hybridized carbons (Fsp3) is 0.435. The maximum absolute atomic E-state index is 13.4. The van der Waals surface area contributed by atoms with Crippen molar-refractivity contribution in [2.24, 2.45) is 5.92 Å². The number of carbonyl (C=O) groups is 1. The van der Waals surface area contributed by atoms with Crippen molar-refractivity contribution in [1.29, 1.82) is 0 Å². The summed E-state index contributed by atoms with van der Waals surface area (Å²) in [5.41, 5.74) is 1.65. The number of alkyl halides is 3. The number of halogens is 3. The van der Waals surface area contributed by atoms with Gasteiger partial charge in [0.15, 0.2) is 6.61 Å². The lowest BCUT2D eigenvalue weighted by Crippen LogP contribution is -2.51. The fourth-order valence-corrected chi connectivity index (χ4v) is 4.39. The number of carbonyl (C=O) groups excluding carboxylic acids is 1. The van der Waals surface area contributed by atoms with Gasteiger partial charge in [-0.3, -0.25) is 4.79 Å². The maximum atomic E-state index is 13.4. The first-order valence-electron chi connectivity index (χ1n) is 10.00. The first-order valence-corrected chi connectivity index (χ1v) is 10.00. The van der Waals surface area contributed by atoms with E-state index in [1.54, 1.807) is 36.9 Å². The zero-order chi connectivity index (χ0) is 21.7. The summed E-state index contributed by atoms with van der Waals surface area (Å²) in [4.78, 5) is 15.1. The molecule has 30 heavy (non-hydrogen) atoms. The molecule has 1 heterocycles. The monoisotopic (exact) mass is 419 g/mol. The van der Waals surface area contributed by atoms with E-state index < -0.39 is 18.4 Å². The normalized spacial score (nSPS) is 17.8. The van der Waals surface area contributed by atoms with E-state index in [9.17, 15) is 23.1 Å². The molecule has 2 aliphatic rings. The van der Waals surface area contributed by atoms with Gasteiger partial charge in [0.05, 0.1) is 17.2 Å². The van der Waals surface area contributed by atoms with Crippen molar-refractivity contribution in [3.05, 3.63) is 53.6 Å². The highest BCUT2D eigenvalue weighted by atomic mass is 19.4. The SMILES string of the molecule is CC(C)(O)[C@@H](C1CC1)N1Cc2cccc(-c3cccc(OCC(F)(F)F)c3)c2C1=O. The van der Waals surface area contributed by atoms with Crippen LogP contribution in [0.4, 0.5) is 13.2 Å². The second-order valence-electron chi connectivity index (χ2n) is 8.64. The number of amides is 1. The van der Waals surface area contributed by atoms with E-state index >= 15 is 0 Å². The van der Waals surface area contributed by atoms with Gasteiger partial charge in [0, 0.05) is 6.54 Å². The van der Waals surface area contributed by atoms with Crippen LogP contribution < -0.4 is 4.74 Å². The van der Waals surface area contributed by atoms with Gasteiger partial charge in [0.1, 0.15) is 5.75 Å². The lowest BCUT2D eigenvalue weighted by atomic mass is 9.92. The number of rotatable bonds is 6. The van der Waals surface area contributed by atoms with Crippen molar-refractivity contribution >= 4 is 5.91 Å². The Bertz CT molecular complexity index is 961. The van der Waals surface area contributed by atoms with Gasteiger partial charge >= 0.3 is 6.18 Å². The van der Waals surface area contributed by atoms with E-state index in [2.05, 4.69) is 0 Å². The number of nitrogens with zero attached hydrogens (tertiary/aromatic N) is 1. The van der Waals surface area contributed by atoms with Crippen LogP contribution in [-0.4, -0.2) is 40.3 Å². The molecule has 1 fully saturated rings. The molecule has 4 rings (SSSR count). The molecule has 1 N–H and O–H groups in total. The minimum Gasteiger partial charge on any atom is -0.484 e. The second-order valence-corrected chi connectivity index (χ2v) is 8.64. The Morgan fingerprint density at radius 3 is 2.50 bits per heavy atom. The lowest BCUT2D eigenvalue weighted by molar-refractivity contribution is -0.153. The summed E-state index contributed by atoms with van der Waals surface area (Å²) in [5, 5.41) is 10.7. The highest BCUT2D eigenvalue weighted by Crippen LogP contribution is 2.44. The molecule has 0 radical (unpaired) electrons. The molecular weight excluding hydrogens is 395 g/mol. The molecule has 160 valence electrons. The summed E-state index contributed by atoms with van der Waals surface area (Å²) in [5.74, 6) is 0.226. The molecule has 1 saturated carbocycles. The van der Waals surface area contributed by atoms with Gasteiger partial charge in [-0.05, 0) is 61.4 Å². The molecule has 2 aromatic carbocycles. The van der Waals surface area contributed by atoms with Crippen molar-refractivity contribution in [2.45, 2.75) is 51.1 Å².